The van der Waals surface area contributed by atoms with Gasteiger partial charge in [0.25, 0.3) is 0 Å². The van der Waals surface area contributed by atoms with Crippen molar-refractivity contribution in [2.24, 2.45) is 0 Å². The van der Waals surface area contributed by atoms with Gasteiger partial charge in [-0.05, 0) is 39.7 Å². The summed E-state index contributed by atoms with van der Waals surface area (Å²) >= 11 is 4.93. The van der Waals surface area contributed by atoms with Crippen LogP contribution in [0.3, 0.4) is 0 Å². The topological polar surface area (TPSA) is 57.4 Å². The van der Waals surface area contributed by atoms with E-state index in [1.807, 2.05) is 35.7 Å². The van der Waals surface area contributed by atoms with E-state index in [4.69, 9.17) is 15.2 Å². The van der Waals surface area contributed by atoms with E-state index in [0.717, 1.165) is 21.5 Å². The second kappa shape index (κ2) is 7.42. The molecule has 0 aliphatic carbocycles. The summed E-state index contributed by atoms with van der Waals surface area (Å²) in [4.78, 5) is 4.17. The smallest absolute Gasteiger partial charge is 0.180 e. The Balaban J connectivity index is 2.03. The van der Waals surface area contributed by atoms with Crippen LogP contribution in [0, 0.1) is 0 Å². The molecule has 0 aliphatic heterocycles. The summed E-state index contributed by atoms with van der Waals surface area (Å²) in [6.07, 6.45) is 3.91. The number of thiazole rings is 1. The van der Waals surface area contributed by atoms with Gasteiger partial charge in [0.15, 0.2) is 5.13 Å². The number of hydrogen-bond donors (Lipinski definition) is 1. The molecule has 0 bridgehead atoms. The van der Waals surface area contributed by atoms with Gasteiger partial charge in [0, 0.05) is 12.5 Å². The van der Waals surface area contributed by atoms with Crippen LogP contribution in [0.15, 0.2) is 28.1 Å². The molecule has 0 unspecified atom stereocenters. The number of nitrogens with two attached hydrogens (primary N) is 1. The van der Waals surface area contributed by atoms with Crippen molar-refractivity contribution in [3.8, 4) is 5.75 Å². The lowest BCUT2D eigenvalue weighted by molar-refractivity contribution is 0.146. The molecule has 0 fully saturated rings. The Kier molecular flexibility index (Phi) is 5.58. The van der Waals surface area contributed by atoms with Crippen molar-refractivity contribution >= 4 is 44.6 Å². The predicted octanol–water partition coefficient (Wildman–Crippen LogP) is 3.68. The minimum absolute atomic E-state index is 0.530. The third-order valence-corrected chi connectivity index (χ3v) is 3.80. The summed E-state index contributed by atoms with van der Waals surface area (Å²) in [5.41, 5.74) is 7.51. The Morgan fingerprint density at radius 2 is 2.20 bits per heavy atom. The maximum absolute atomic E-state index is 5.59. The molecule has 2 rings (SSSR count). The highest BCUT2D eigenvalue weighted by atomic mass is 79.9. The molecular weight excluding hydrogens is 340 g/mol. The Morgan fingerprint density at radius 3 is 2.85 bits per heavy atom. The SMILES string of the molecule is COCCOc1ccc(/C=C/c2csc(N)n2)cc1Br. The van der Waals surface area contributed by atoms with E-state index in [2.05, 4.69) is 20.9 Å². The minimum Gasteiger partial charge on any atom is -0.490 e. The number of nitrogens with zero attached hydrogens (tertiary/aromatic N) is 1. The third-order valence-electron chi connectivity index (χ3n) is 2.49. The predicted molar refractivity (Wildman–Crippen MR) is 87.0 cm³/mol. The van der Waals surface area contributed by atoms with Crippen LogP contribution in [0.4, 0.5) is 5.13 Å². The van der Waals surface area contributed by atoms with Crippen molar-refractivity contribution < 1.29 is 9.47 Å². The first-order valence-corrected chi connectivity index (χ1v) is 7.66. The quantitative estimate of drug-likeness (QED) is 0.803. The van der Waals surface area contributed by atoms with Gasteiger partial charge in [-0.15, -0.1) is 11.3 Å². The summed E-state index contributed by atoms with van der Waals surface area (Å²) < 4.78 is 11.4. The summed E-state index contributed by atoms with van der Waals surface area (Å²) in [6.45, 7) is 1.10. The van der Waals surface area contributed by atoms with Gasteiger partial charge in [0.05, 0.1) is 16.8 Å². The third kappa shape index (κ3) is 4.33. The van der Waals surface area contributed by atoms with Crippen LogP contribution in [0.5, 0.6) is 5.75 Å². The molecule has 4 nitrogen and oxygen atoms in total. The number of ether oxygens (including phenoxy) is 2. The summed E-state index contributed by atoms with van der Waals surface area (Å²) in [5, 5.41) is 2.50. The molecule has 0 radical (unpaired) electrons. The summed E-state index contributed by atoms with van der Waals surface area (Å²) in [6, 6.07) is 5.91. The maximum Gasteiger partial charge on any atom is 0.180 e. The molecule has 1 aromatic heterocycles. The van der Waals surface area contributed by atoms with Crippen LogP contribution in [0.25, 0.3) is 12.2 Å². The number of rotatable bonds is 6. The molecule has 2 N–H and O–H groups in total. The fourth-order valence-electron chi connectivity index (χ4n) is 1.53. The van der Waals surface area contributed by atoms with Crippen molar-refractivity contribution in [1.82, 2.24) is 4.98 Å². The van der Waals surface area contributed by atoms with E-state index in [-0.39, 0.29) is 0 Å². The lowest BCUT2D eigenvalue weighted by Gasteiger charge is -2.08. The molecule has 106 valence electrons. The van der Waals surface area contributed by atoms with Crippen molar-refractivity contribution in [3.05, 3.63) is 39.3 Å². The van der Waals surface area contributed by atoms with E-state index in [1.165, 1.54) is 11.3 Å². The average molecular weight is 355 g/mol. The molecule has 20 heavy (non-hydrogen) atoms. The number of hydrogen-bond acceptors (Lipinski definition) is 5. The van der Waals surface area contributed by atoms with Crippen molar-refractivity contribution in [2.75, 3.05) is 26.1 Å². The normalized spacial score (nSPS) is 11.1. The van der Waals surface area contributed by atoms with Gasteiger partial charge >= 0.3 is 0 Å². The molecule has 0 atom stereocenters. The number of aromatic nitrogens is 1. The van der Waals surface area contributed by atoms with Gasteiger partial charge in [-0.2, -0.15) is 0 Å². The highest BCUT2D eigenvalue weighted by Gasteiger charge is 2.01. The van der Waals surface area contributed by atoms with Gasteiger partial charge in [0.2, 0.25) is 0 Å². The van der Waals surface area contributed by atoms with Gasteiger partial charge in [0.1, 0.15) is 12.4 Å². The van der Waals surface area contributed by atoms with Crippen molar-refractivity contribution in [3.63, 3.8) is 0 Å². The molecule has 6 heteroatoms. The molecular formula is C14H15BrN2O2S. The van der Waals surface area contributed by atoms with E-state index < -0.39 is 0 Å². The monoisotopic (exact) mass is 354 g/mol. The van der Waals surface area contributed by atoms with Gasteiger partial charge in [-0.25, -0.2) is 4.98 Å². The summed E-state index contributed by atoms with van der Waals surface area (Å²) in [7, 11) is 1.65. The zero-order chi connectivity index (χ0) is 14.4. The van der Waals surface area contributed by atoms with Crippen LogP contribution < -0.4 is 10.5 Å². The van der Waals surface area contributed by atoms with Crippen molar-refractivity contribution in [1.29, 1.82) is 0 Å². The minimum atomic E-state index is 0.530. The molecule has 0 spiro atoms. The first-order valence-electron chi connectivity index (χ1n) is 5.99. The molecule has 1 heterocycles. The van der Waals surface area contributed by atoms with E-state index in [9.17, 15) is 0 Å². The molecule has 0 saturated carbocycles. The first-order chi connectivity index (χ1) is 9.69. The second-order valence-electron chi connectivity index (χ2n) is 3.98. The van der Waals surface area contributed by atoms with Crippen LogP contribution >= 0.6 is 27.3 Å². The van der Waals surface area contributed by atoms with Gasteiger partial charge < -0.3 is 15.2 Å². The molecule has 1 aromatic carbocycles. The maximum atomic E-state index is 5.59. The number of methoxy groups -OCH3 is 1. The highest BCUT2D eigenvalue weighted by molar-refractivity contribution is 9.10. The second-order valence-corrected chi connectivity index (χ2v) is 5.72. The molecule has 0 saturated heterocycles. The highest BCUT2D eigenvalue weighted by Crippen LogP contribution is 2.27. The number of halogens is 1. The Labute approximate surface area is 130 Å². The van der Waals surface area contributed by atoms with Crippen LogP contribution in [0.1, 0.15) is 11.3 Å². The lowest BCUT2D eigenvalue weighted by atomic mass is 10.2. The van der Waals surface area contributed by atoms with Gasteiger partial charge in [-0.1, -0.05) is 12.1 Å². The van der Waals surface area contributed by atoms with Crippen LogP contribution in [-0.4, -0.2) is 25.3 Å². The standard InChI is InChI=1S/C14H15BrN2O2S/c1-18-6-7-19-13-5-3-10(8-12(13)15)2-4-11-9-20-14(16)17-11/h2-5,8-9H,6-7H2,1H3,(H2,16,17)/b4-2+. The number of anilines is 1. The lowest BCUT2D eigenvalue weighted by Crippen LogP contribution is -2.04. The zero-order valence-corrected chi connectivity index (χ0v) is 13.4. The fourth-order valence-corrected chi connectivity index (χ4v) is 2.57. The van der Waals surface area contributed by atoms with E-state index >= 15 is 0 Å². The van der Waals surface area contributed by atoms with Gasteiger partial charge in [-0.3, -0.25) is 0 Å². The first kappa shape index (κ1) is 15.0. The molecule has 0 aliphatic rings. The van der Waals surface area contributed by atoms with E-state index in [0.29, 0.717) is 18.3 Å². The molecule has 2 aromatic rings. The number of benzene rings is 1. The van der Waals surface area contributed by atoms with Crippen molar-refractivity contribution in [2.45, 2.75) is 0 Å². The Morgan fingerprint density at radius 1 is 1.35 bits per heavy atom. The zero-order valence-electron chi connectivity index (χ0n) is 11.0. The van der Waals surface area contributed by atoms with Crippen LogP contribution in [0.2, 0.25) is 0 Å². The fraction of sp³-hybridized carbons (Fsp3) is 0.214. The Hall–Kier alpha value is -1.37. The Bertz CT molecular complexity index is 599. The summed E-state index contributed by atoms with van der Waals surface area (Å²) in [5.74, 6) is 0.803. The van der Waals surface area contributed by atoms with E-state index in [1.54, 1.807) is 7.11 Å². The average Bonchev–Trinajstić information content (AvgIpc) is 2.85. The number of nitrogen functional groups attached to an aromatic ring is 1. The largest absolute Gasteiger partial charge is 0.490 e. The van der Waals surface area contributed by atoms with Crippen LogP contribution in [-0.2, 0) is 4.74 Å². The molecule has 0 amide bonds.